The van der Waals surface area contributed by atoms with Crippen molar-refractivity contribution in [3.8, 4) is 11.5 Å². The molecule has 7 nitrogen and oxygen atoms in total. The van der Waals surface area contributed by atoms with Crippen LogP contribution in [0.5, 0.6) is 11.5 Å². The van der Waals surface area contributed by atoms with Gasteiger partial charge in [-0.3, -0.25) is 0 Å². The second kappa shape index (κ2) is 5.66. The Morgan fingerprint density at radius 1 is 1.32 bits per heavy atom. The van der Waals surface area contributed by atoms with Crippen LogP contribution in [-0.4, -0.2) is 39.5 Å². The number of rotatable bonds is 5. The molecule has 1 aromatic heterocycles. The van der Waals surface area contributed by atoms with Crippen molar-refractivity contribution in [2.75, 3.05) is 14.2 Å². The van der Waals surface area contributed by atoms with Gasteiger partial charge in [0.2, 0.25) is 0 Å². The lowest BCUT2D eigenvalue weighted by atomic mass is 10.0. The molecule has 1 N–H and O–H groups in total. The highest BCUT2D eigenvalue weighted by Gasteiger charge is 2.17. The number of hydrogen-bond acceptors (Lipinski definition) is 6. The van der Waals surface area contributed by atoms with Gasteiger partial charge in [0.15, 0.2) is 5.82 Å². The first-order valence-corrected chi connectivity index (χ1v) is 5.77. The second-order valence-corrected chi connectivity index (χ2v) is 4.02. The molecule has 0 aliphatic heterocycles. The highest BCUT2D eigenvalue weighted by atomic mass is 16.5. The molecule has 102 valence electrons. The Labute approximate surface area is 110 Å². The predicted octanol–water partition coefficient (Wildman–Crippen LogP) is 0.503. The maximum Gasteiger partial charge on any atom is 0.177 e. The number of hydrogen-bond donors (Lipinski definition) is 1. The van der Waals surface area contributed by atoms with E-state index in [1.54, 1.807) is 39.5 Å². The van der Waals surface area contributed by atoms with Gasteiger partial charge in [-0.05, 0) is 17.3 Å². The molecule has 0 saturated carbocycles. The molecular weight excluding hydrogens is 248 g/mol. The number of aliphatic hydroxyl groups is 1. The molecule has 1 atom stereocenters. The molecule has 0 radical (unpaired) electrons. The first kappa shape index (κ1) is 13.3. The molecule has 7 heteroatoms. The minimum atomic E-state index is -0.759. The highest BCUT2D eigenvalue weighted by molar-refractivity contribution is 5.42. The summed E-state index contributed by atoms with van der Waals surface area (Å²) in [6.45, 7) is 0. The summed E-state index contributed by atoms with van der Waals surface area (Å²) in [5.74, 6) is 1.72. The SMILES string of the molecule is COc1ccc(C(O)Cc2nnn(C)n2)c(OC)c1. The number of benzene rings is 1. The third-order valence-electron chi connectivity index (χ3n) is 2.73. The molecule has 2 aromatic rings. The predicted molar refractivity (Wildman–Crippen MR) is 67.0 cm³/mol. The average Bonchev–Trinajstić information content (AvgIpc) is 2.83. The van der Waals surface area contributed by atoms with E-state index in [-0.39, 0.29) is 6.42 Å². The fourth-order valence-electron chi connectivity index (χ4n) is 1.78. The van der Waals surface area contributed by atoms with Gasteiger partial charge < -0.3 is 14.6 Å². The Balaban J connectivity index is 2.20. The molecule has 0 aliphatic rings. The van der Waals surface area contributed by atoms with E-state index in [0.29, 0.717) is 22.9 Å². The van der Waals surface area contributed by atoms with Crippen LogP contribution in [0.25, 0.3) is 0 Å². The number of aliphatic hydroxyl groups excluding tert-OH is 1. The smallest absolute Gasteiger partial charge is 0.177 e. The monoisotopic (exact) mass is 264 g/mol. The number of ether oxygens (including phenoxy) is 2. The lowest BCUT2D eigenvalue weighted by molar-refractivity contribution is 0.171. The Kier molecular flexibility index (Phi) is 3.96. The van der Waals surface area contributed by atoms with E-state index in [9.17, 15) is 5.11 Å². The van der Waals surface area contributed by atoms with E-state index >= 15 is 0 Å². The van der Waals surface area contributed by atoms with Crippen molar-refractivity contribution in [2.45, 2.75) is 12.5 Å². The first-order chi connectivity index (χ1) is 9.13. The van der Waals surface area contributed by atoms with Crippen LogP contribution >= 0.6 is 0 Å². The summed E-state index contributed by atoms with van der Waals surface area (Å²) in [5.41, 5.74) is 0.663. The van der Waals surface area contributed by atoms with Crippen molar-refractivity contribution < 1.29 is 14.6 Å². The molecule has 0 bridgehead atoms. The zero-order valence-electron chi connectivity index (χ0n) is 11.1. The Bertz CT molecular complexity index is 556. The van der Waals surface area contributed by atoms with Gasteiger partial charge in [0.25, 0.3) is 0 Å². The Morgan fingerprint density at radius 3 is 2.68 bits per heavy atom. The van der Waals surface area contributed by atoms with Crippen molar-refractivity contribution in [3.63, 3.8) is 0 Å². The molecule has 1 heterocycles. The summed E-state index contributed by atoms with van der Waals surface area (Å²) in [4.78, 5) is 1.35. The molecule has 0 amide bonds. The van der Waals surface area contributed by atoms with Crippen molar-refractivity contribution in [2.24, 2.45) is 7.05 Å². The molecule has 0 fully saturated rings. The van der Waals surface area contributed by atoms with Crippen LogP contribution < -0.4 is 9.47 Å². The second-order valence-electron chi connectivity index (χ2n) is 4.02. The standard InChI is InChI=1S/C12H16N4O3/c1-16-14-12(13-15-16)7-10(17)9-5-4-8(18-2)6-11(9)19-3/h4-6,10,17H,7H2,1-3H3. The Morgan fingerprint density at radius 2 is 2.11 bits per heavy atom. The third-order valence-corrected chi connectivity index (χ3v) is 2.73. The molecule has 2 rings (SSSR count). The normalized spacial score (nSPS) is 12.2. The summed E-state index contributed by atoms with van der Waals surface area (Å²) >= 11 is 0. The van der Waals surface area contributed by atoms with Crippen LogP contribution in [0.1, 0.15) is 17.5 Å². The quantitative estimate of drug-likeness (QED) is 0.847. The lowest BCUT2D eigenvalue weighted by Crippen LogP contribution is -2.06. The fourth-order valence-corrected chi connectivity index (χ4v) is 1.78. The van der Waals surface area contributed by atoms with Crippen LogP contribution in [0.4, 0.5) is 0 Å². The molecule has 1 aromatic carbocycles. The number of aromatic nitrogens is 4. The van der Waals surface area contributed by atoms with E-state index in [2.05, 4.69) is 15.4 Å². The molecule has 0 spiro atoms. The first-order valence-electron chi connectivity index (χ1n) is 5.77. The lowest BCUT2D eigenvalue weighted by Gasteiger charge is -2.14. The van der Waals surface area contributed by atoms with E-state index in [1.807, 2.05) is 0 Å². The summed E-state index contributed by atoms with van der Waals surface area (Å²) in [5, 5.41) is 21.8. The minimum Gasteiger partial charge on any atom is -0.497 e. The van der Waals surface area contributed by atoms with Gasteiger partial charge in [-0.2, -0.15) is 4.80 Å². The maximum atomic E-state index is 10.2. The van der Waals surface area contributed by atoms with Gasteiger partial charge in [0, 0.05) is 18.1 Å². The molecule has 1 unspecified atom stereocenters. The van der Waals surface area contributed by atoms with Crippen LogP contribution in [-0.2, 0) is 13.5 Å². The summed E-state index contributed by atoms with van der Waals surface area (Å²) in [6.07, 6.45) is -0.485. The number of nitrogens with zero attached hydrogens (tertiary/aromatic N) is 4. The number of methoxy groups -OCH3 is 2. The van der Waals surface area contributed by atoms with Crippen molar-refractivity contribution >= 4 is 0 Å². The van der Waals surface area contributed by atoms with Gasteiger partial charge in [-0.25, -0.2) is 0 Å². The zero-order chi connectivity index (χ0) is 13.8. The van der Waals surface area contributed by atoms with Gasteiger partial charge in [-0.1, -0.05) is 0 Å². The average molecular weight is 264 g/mol. The van der Waals surface area contributed by atoms with Gasteiger partial charge in [0.1, 0.15) is 11.5 Å². The molecule has 0 aliphatic carbocycles. The molecule has 0 saturated heterocycles. The van der Waals surface area contributed by atoms with Gasteiger partial charge in [0.05, 0.1) is 27.4 Å². The summed E-state index contributed by atoms with van der Waals surface area (Å²) < 4.78 is 10.4. The zero-order valence-corrected chi connectivity index (χ0v) is 11.1. The van der Waals surface area contributed by atoms with Crippen LogP contribution in [0.2, 0.25) is 0 Å². The van der Waals surface area contributed by atoms with Gasteiger partial charge in [-0.15, -0.1) is 10.2 Å². The largest absolute Gasteiger partial charge is 0.497 e. The minimum absolute atomic E-state index is 0.274. The fraction of sp³-hybridized carbons (Fsp3) is 0.417. The summed E-state index contributed by atoms with van der Waals surface area (Å²) in [6, 6.07) is 5.26. The van der Waals surface area contributed by atoms with Crippen LogP contribution in [0.15, 0.2) is 18.2 Å². The van der Waals surface area contributed by atoms with Crippen LogP contribution in [0.3, 0.4) is 0 Å². The maximum absolute atomic E-state index is 10.2. The van der Waals surface area contributed by atoms with Crippen molar-refractivity contribution in [1.29, 1.82) is 0 Å². The van der Waals surface area contributed by atoms with Gasteiger partial charge >= 0.3 is 0 Å². The topological polar surface area (TPSA) is 82.3 Å². The molecular formula is C12H16N4O3. The highest BCUT2D eigenvalue weighted by Crippen LogP contribution is 2.30. The van der Waals surface area contributed by atoms with E-state index < -0.39 is 6.10 Å². The Hall–Kier alpha value is -2.15. The third kappa shape index (κ3) is 3.00. The number of tetrazole rings is 1. The molecule has 19 heavy (non-hydrogen) atoms. The number of aryl methyl sites for hydroxylation is 1. The van der Waals surface area contributed by atoms with Crippen LogP contribution in [0, 0.1) is 0 Å². The van der Waals surface area contributed by atoms with Crippen molar-refractivity contribution in [1.82, 2.24) is 20.2 Å². The summed E-state index contributed by atoms with van der Waals surface area (Å²) in [7, 11) is 4.80. The van der Waals surface area contributed by atoms with Crippen molar-refractivity contribution in [3.05, 3.63) is 29.6 Å². The van der Waals surface area contributed by atoms with E-state index in [4.69, 9.17) is 9.47 Å². The van der Waals surface area contributed by atoms with E-state index in [0.717, 1.165) is 0 Å². The van der Waals surface area contributed by atoms with E-state index in [1.165, 1.54) is 4.80 Å².